The summed E-state index contributed by atoms with van der Waals surface area (Å²) >= 11 is 0. The van der Waals surface area contributed by atoms with E-state index >= 15 is 0 Å². The van der Waals surface area contributed by atoms with E-state index in [9.17, 15) is 0 Å². The number of rotatable bonds is 3. The average molecular weight is 210 g/mol. The van der Waals surface area contributed by atoms with E-state index in [0.717, 1.165) is 13.1 Å². The molecular weight excluding hydrogens is 192 g/mol. The molecule has 0 bridgehead atoms. The van der Waals surface area contributed by atoms with Crippen molar-refractivity contribution >= 4 is 12.0 Å². The van der Waals surface area contributed by atoms with Crippen LogP contribution in [0.2, 0.25) is 0 Å². The van der Waals surface area contributed by atoms with Crippen LogP contribution >= 0.6 is 0 Å². The van der Waals surface area contributed by atoms with Crippen LogP contribution in [0.25, 0.3) is 0 Å². The summed E-state index contributed by atoms with van der Waals surface area (Å²) in [5.41, 5.74) is 5.83. The molecule has 1 fully saturated rings. The number of nitrogens with two attached hydrogens (primary N) is 1. The molecule has 1 saturated heterocycles. The molecule has 0 aromatic carbocycles. The maximum absolute atomic E-state index is 5.41. The van der Waals surface area contributed by atoms with Crippen molar-refractivity contribution in [3.8, 4) is 0 Å². The van der Waals surface area contributed by atoms with Gasteiger partial charge in [-0.05, 0) is 24.7 Å². The third-order valence-electron chi connectivity index (χ3n) is 3.64. The van der Waals surface area contributed by atoms with Crippen molar-refractivity contribution in [3.63, 3.8) is 0 Å². The summed E-state index contributed by atoms with van der Waals surface area (Å²) in [5, 5.41) is 7.60. The molecule has 1 aliphatic heterocycles. The molecule has 2 heterocycles. The molecule has 0 amide bonds. The van der Waals surface area contributed by atoms with Crippen LogP contribution < -0.4 is 10.6 Å². The van der Waals surface area contributed by atoms with Gasteiger partial charge < -0.3 is 15.1 Å². The summed E-state index contributed by atoms with van der Waals surface area (Å²) in [5.74, 6) is 0. The first kappa shape index (κ1) is 10.3. The Balaban J connectivity index is 2.09. The fourth-order valence-electron chi connectivity index (χ4n) is 2.28. The molecular formula is C10H18N4O. The average Bonchev–Trinajstić information content (AvgIpc) is 2.84. The minimum atomic E-state index is 0.149. The molecule has 2 rings (SSSR count). The van der Waals surface area contributed by atoms with Crippen molar-refractivity contribution in [2.45, 2.75) is 33.1 Å². The van der Waals surface area contributed by atoms with Gasteiger partial charge in [-0.2, -0.15) is 0 Å². The second kappa shape index (κ2) is 3.72. The number of anilines is 2. The minimum absolute atomic E-state index is 0.149. The molecule has 1 aromatic rings. The highest BCUT2D eigenvalue weighted by Crippen LogP contribution is 2.38. The van der Waals surface area contributed by atoms with Crippen LogP contribution in [0.4, 0.5) is 12.0 Å². The maximum atomic E-state index is 5.41. The molecule has 0 aliphatic carbocycles. The van der Waals surface area contributed by atoms with Crippen molar-refractivity contribution in [2.75, 3.05) is 23.7 Å². The zero-order valence-electron chi connectivity index (χ0n) is 9.36. The molecule has 84 valence electrons. The summed E-state index contributed by atoms with van der Waals surface area (Å²) in [6.45, 7) is 6.48. The van der Waals surface area contributed by atoms with Crippen molar-refractivity contribution in [1.82, 2.24) is 10.2 Å². The molecule has 0 spiro atoms. The first-order valence-electron chi connectivity index (χ1n) is 5.53. The first-order valence-corrected chi connectivity index (χ1v) is 5.53. The minimum Gasteiger partial charge on any atom is -0.390 e. The Bertz CT molecular complexity index is 332. The lowest BCUT2D eigenvalue weighted by molar-refractivity contribution is 0.300. The zero-order chi connectivity index (χ0) is 10.9. The lowest BCUT2D eigenvalue weighted by Gasteiger charge is -2.25. The van der Waals surface area contributed by atoms with Gasteiger partial charge in [0.2, 0.25) is 0 Å². The van der Waals surface area contributed by atoms with Crippen LogP contribution in [-0.2, 0) is 0 Å². The van der Waals surface area contributed by atoms with E-state index < -0.39 is 0 Å². The van der Waals surface area contributed by atoms with Crippen molar-refractivity contribution in [2.24, 2.45) is 5.41 Å². The maximum Gasteiger partial charge on any atom is 0.319 e. The smallest absolute Gasteiger partial charge is 0.319 e. The molecule has 0 atom stereocenters. The van der Waals surface area contributed by atoms with Crippen molar-refractivity contribution in [3.05, 3.63) is 0 Å². The third-order valence-corrected chi connectivity index (χ3v) is 3.64. The van der Waals surface area contributed by atoms with Gasteiger partial charge in [-0.1, -0.05) is 24.0 Å². The highest BCUT2D eigenvalue weighted by atomic mass is 16.4. The van der Waals surface area contributed by atoms with Crippen LogP contribution in [0.15, 0.2) is 4.42 Å². The third kappa shape index (κ3) is 1.78. The Morgan fingerprint density at radius 3 is 2.60 bits per heavy atom. The Kier molecular flexibility index (Phi) is 2.54. The van der Waals surface area contributed by atoms with Gasteiger partial charge in [0.05, 0.1) is 0 Å². The topological polar surface area (TPSA) is 68.2 Å². The van der Waals surface area contributed by atoms with Crippen LogP contribution in [0.5, 0.6) is 0 Å². The highest BCUT2D eigenvalue weighted by molar-refractivity contribution is 5.30. The number of aromatic nitrogens is 2. The number of hydrogen-bond acceptors (Lipinski definition) is 5. The number of nitrogen functional groups attached to an aromatic ring is 1. The van der Waals surface area contributed by atoms with E-state index in [4.69, 9.17) is 10.2 Å². The standard InChI is InChI=1S/C10H18N4O/c1-3-10(4-2)5-6-14(7-10)9-13-12-8(11)15-9/h3-7H2,1-2H3,(H2,11,12). The van der Waals surface area contributed by atoms with Gasteiger partial charge >= 0.3 is 12.0 Å². The zero-order valence-corrected chi connectivity index (χ0v) is 9.36. The van der Waals surface area contributed by atoms with Gasteiger partial charge in [0.1, 0.15) is 0 Å². The molecule has 1 aromatic heterocycles. The van der Waals surface area contributed by atoms with E-state index in [0.29, 0.717) is 11.4 Å². The van der Waals surface area contributed by atoms with Gasteiger partial charge in [0.25, 0.3) is 0 Å². The predicted molar refractivity (Wildman–Crippen MR) is 58.6 cm³/mol. The number of hydrogen-bond donors (Lipinski definition) is 1. The summed E-state index contributed by atoms with van der Waals surface area (Å²) in [6.07, 6.45) is 3.59. The van der Waals surface area contributed by atoms with E-state index in [1.807, 2.05) is 0 Å². The largest absolute Gasteiger partial charge is 0.390 e. The molecule has 5 heteroatoms. The van der Waals surface area contributed by atoms with Crippen molar-refractivity contribution in [1.29, 1.82) is 0 Å². The Labute approximate surface area is 89.6 Å². The van der Waals surface area contributed by atoms with E-state index in [1.54, 1.807) is 0 Å². The fourth-order valence-corrected chi connectivity index (χ4v) is 2.28. The van der Waals surface area contributed by atoms with Crippen LogP contribution in [-0.4, -0.2) is 23.3 Å². The molecule has 15 heavy (non-hydrogen) atoms. The van der Waals surface area contributed by atoms with Crippen LogP contribution in [0.1, 0.15) is 33.1 Å². The second-order valence-electron chi connectivity index (χ2n) is 4.30. The molecule has 1 aliphatic rings. The summed E-state index contributed by atoms with van der Waals surface area (Å²) in [4.78, 5) is 2.14. The van der Waals surface area contributed by atoms with E-state index in [1.165, 1.54) is 19.3 Å². The molecule has 0 unspecified atom stereocenters. The van der Waals surface area contributed by atoms with Gasteiger partial charge in [-0.3, -0.25) is 0 Å². The molecule has 5 nitrogen and oxygen atoms in total. The van der Waals surface area contributed by atoms with E-state index in [-0.39, 0.29) is 6.01 Å². The molecule has 0 radical (unpaired) electrons. The van der Waals surface area contributed by atoms with Crippen LogP contribution in [0.3, 0.4) is 0 Å². The second-order valence-corrected chi connectivity index (χ2v) is 4.30. The predicted octanol–water partition coefficient (Wildman–Crippen LogP) is 1.67. The van der Waals surface area contributed by atoms with Gasteiger partial charge in [-0.25, -0.2) is 0 Å². The summed E-state index contributed by atoms with van der Waals surface area (Å²) in [7, 11) is 0. The Morgan fingerprint density at radius 1 is 1.40 bits per heavy atom. The Morgan fingerprint density at radius 2 is 2.13 bits per heavy atom. The lowest BCUT2D eigenvalue weighted by atomic mass is 9.82. The van der Waals surface area contributed by atoms with E-state index in [2.05, 4.69) is 28.9 Å². The monoisotopic (exact) mass is 210 g/mol. The number of nitrogens with zero attached hydrogens (tertiary/aromatic N) is 3. The summed E-state index contributed by atoms with van der Waals surface area (Å²) in [6, 6.07) is 0.715. The highest BCUT2D eigenvalue weighted by Gasteiger charge is 2.36. The van der Waals surface area contributed by atoms with Gasteiger partial charge in [0.15, 0.2) is 0 Å². The summed E-state index contributed by atoms with van der Waals surface area (Å²) < 4.78 is 5.23. The Hall–Kier alpha value is -1.26. The normalized spacial score (nSPS) is 19.7. The SMILES string of the molecule is CCC1(CC)CCN(c2nnc(N)o2)C1. The molecule has 2 N–H and O–H groups in total. The van der Waals surface area contributed by atoms with Crippen molar-refractivity contribution < 1.29 is 4.42 Å². The quantitative estimate of drug-likeness (QED) is 0.821. The van der Waals surface area contributed by atoms with Gasteiger partial charge in [0, 0.05) is 13.1 Å². The fraction of sp³-hybridized carbons (Fsp3) is 0.800. The van der Waals surface area contributed by atoms with Gasteiger partial charge in [-0.15, -0.1) is 0 Å². The molecule has 0 saturated carbocycles. The van der Waals surface area contributed by atoms with Crippen LogP contribution in [0, 0.1) is 5.41 Å². The lowest BCUT2D eigenvalue weighted by Crippen LogP contribution is -2.26. The first-order chi connectivity index (χ1) is 7.19.